The summed E-state index contributed by atoms with van der Waals surface area (Å²) in [5.41, 5.74) is 1.29. The summed E-state index contributed by atoms with van der Waals surface area (Å²) in [6.45, 7) is 0. The maximum Gasteiger partial charge on any atom is 0.114 e. The molecule has 1 heterocycles. The second kappa shape index (κ2) is 2.46. The van der Waals surface area contributed by atoms with Crippen LogP contribution in [0.2, 0.25) is 0 Å². The van der Waals surface area contributed by atoms with Gasteiger partial charge in [-0.15, -0.1) is 5.10 Å². The van der Waals surface area contributed by atoms with E-state index in [0.29, 0.717) is 5.92 Å². The van der Waals surface area contributed by atoms with E-state index in [1.165, 1.54) is 25.0 Å². The van der Waals surface area contributed by atoms with Crippen LogP contribution in [0.4, 0.5) is 0 Å². The van der Waals surface area contributed by atoms with Gasteiger partial charge in [-0.3, -0.25) is 0 Å². The molecule has 0 aromatic carbocycles. The minimum atomic E-state index is 0.550. The molecule has 0 unspecified atom stereocenters. The molecule has 10 heavy (non-hydrogen) atoms. The van der Waals surface area contributed by atoms with Gasteiger partial charge in [0.15, 0.2) is 0 Å². The van der Waals surface area contributed by atoms with Crippen molar-refractivity contribution in [3.63, 3.8) is 0 Å². The van der Waals surface area contributed by atoms with Gasteiger partial charge < -0.3 is 0 Å². The fourth-order valence-corrected chi connectivity index (χ4v) is 2.13. The van der Waals surface area contributed by atoms with Crippen molar-refractivity contribution in [3.8, 4) is 0 Å². The van der Waals surface area contributed by atoms with E-state index in [1.807, 2.05) is 0 Å². The molecule has 2 nitrogen and oxygen atoms in total. The molecular formula is C7H9BrN2. The molecule has 0 saturated heterocycles. The Hall–Kier alpha value is -0.180. The van der Waals surface area contributed by atoms with Gasteiger partial charge in [-0.05, 0) is 35.2 Å². The van der Waals surface area contributed by atoms with E-state index >= 15 is 0 Å². The van der Waals surface area contributed by atoms with Crippen molar-refractivity contribution in [2.75, 3.05) is 0 Å². The van der Waals surface area contributed by atoms with E-state index in [-0.39, 0.29) is 0 Å². The molecule has 54 valence electrons. The normalized spacial score (nSPS) is 31.1. The van der Waals surface area contributed by atoms with Crippen molar-refractivity contribution in [2.24, 2.45) is 16.1 Å². The van der Waals surface area contributed by atoms with Crippen LogP contribution < -0.4 is 0 Å². The average Bonchev–Trinajstić information content (AvgIpc) is 2.34. The lowest BCUT2D eigenvalue weighted by atomic mass is 9.89. The van der Waals surface area contributed by atoms with Crippen molar-refractivity contribution in [1.82, 2.24) is 0 Å². The van der Waals surface area contributed by atoms with Crippen LogP contribution in [0.1, 0.15) is 25.7 Å². The Morgan fingerprint density at radius 2 is 2.20 bits per heavy atom. The Kier molecular flexibility index (Phi) is 1.60. The van der Waals surface area contributed by atoms with Crippen LogP contribution in [0.5, 0.6) is 0 Å². The summed E-state index contributed by atoms with van der Waals surface area (Å²) in [5, 5.41) is 8.10. The average molecular weight is 201 g/mol. The first-order valence-corrected chi connectivity index (χ1v) is 4.47. The zero-order valence-electron chi connectivity index (χ0n) is 5.68. The third-order valence-corrected chi connectivity index (χ3v) is 2.85. The van der Waals surface area contributed by atoms with Gasteiger partial charge in [0.05, 0.1) is 11.6 Å². The third kappa shape index (κ3) is 0.926. The van der Waals surface area contributed by atoms with Crippen LogP contribution in [0.25, 0.3) is 0 Å². The summed E-state index contributed by atoms with van der Waals surface area (Å²) in [6, 6.07) is 0. The van der Waals surface area contributed by atoms with Crippen LogP contribution in [0.3, 0.4) is 0 Å². The van der Waals surface area contributed by atoms with E-state index in [9.17, 15) is 0 Å². The van der Waals surface area contributed by atoms with E-state index in [2.05, 4.69) is 26.1 Å². The SMILES string of the molecule is BrC1=NN=C2CCCC[C@H]12. The second-order valence-corrected chi connectivity index (χ2v) is 3.62. The quantitative estimate of drug-likeness (QED) is 0.574. The van der Waals surface area contributed by atoms with Crippen LogP contribution >= 0.6 is 15.9 Å². The lowest BCUT2D eigenvalue weighted by molar-refractivity contribution is 0.623. The van der Waals surface area contributed by atoms with Gasteiger partial charge in [0, 0.05) is 0 Å². The first-order chi connectivity index (χ1) is 4.88. The van der Waals surface area contributed by atoms with E-state index < -0.39 is 0 Å². The van der Waals surface area contributed by atoms with Gasteiger partial charge in [-0.2, -0.15) is 5.10 Å². The molecule has 0 spiro atoms. The molecule has 1 aliphatic carbocycles. The highest BCUT2D eigenvalue weighted by Gasteiger charge is 2.27. The third-order valence-electron chi connectivity index (χ3n) is 2.14. The second-order valence-electron chi connectivity index (χ2n) is 2.81. The maximum atomic E-state index is 4.10. The Balaban J connectivity index is 2.19. The molecule has 0 radical (unpaired) electrons. The van der Waals surface area contributed by atoms with E-state index in [4.69, 9.17) is 0 Å². The number of nitrogens with zero attached hydrogens (tertiary/aromatic N) is 2. The highest BCUT2D eigenvalue weighted by molar-refractivity contribution is 9.18. The Labute approximate surface area is 68.5 Å². The molecule has 0 aromatic heterocycles. The molecule has 1 aliphatic heterocycles. The number of rotatable bonds is 0. The molecule has 1 atom stereocenters. The zero-order valence-corrected chi connectivity index (χ0v) is 7.26. The van der Waals surface area contributed by atoms with Gasteiger partial charge in [-0.25, -0.2) is 0 Å². The number of hydrogen-bond donors (Lipinski definition) is 0. The molecule has 3 heteroatoms. The van der Waals surface area contributed by atoms with Crippen molar-refractivity contribution in [3.05, 3.63) is 0 Å². The minimum absolute atomic E-state index is 0.550. The fraction of sp³-hybridized carbons (Fsp3) is 0.714. The molecule has 0 N–H and O–H groups in total. The van der Waals surface area contributed by atoms with Crippen LogP contribution in [0, 0.1) is 5.92 Å². The lowest BCUT2D eigenvalue weighted by Gasteiger charge is -2.17. The van der Waals surface area contributed by atoms with Gasteiger partial charge in [0.25, 0.3) is 0 Å². The maximum absolute atomic E-state index is 4.10. The monoisotopic (exact) mass is 200 g/mol. The van der Waals surface area contributed by atoms with Gasteiger partial charge in [-0.1, -0.05) is 6.42 Å². The summed E-state index contributed by atoms with van der Waals surface area (Å²) in [6.07, 6.45) is 5.02. The number of hydrogen-bond acceptors (Lipinski definition) is 2. The molecule has 2 rings (SSSR count). The zero-order chi connectivity index (χ0) is 6.97. The molecule has 1 saturated carbocycles. The smallest absolute Gasteiger partial charge is 0.114 e. The van der Waals surface area contributed by atoms with E-state index in [1.54, 1.807) is 0 Å². The highest BCUT2D eigenvalue weighted by Crippen LogP contribution is 2.28. The first-order valence-electron chi connectivity index (χ1n) is 3.68. The summed E-state index contributed by atoms with van der Waals surface area (Å²) in [4.78, 5) is 0. The van der Waals surface area contributed by atoms with Crippen LogP contribution in [-0.2, 0) is 0 Å². The molecule has 0 amide bonds. The fourth-order valence-electron chi connectivity index (χ4n) is 1.55. The standard InChI is InChI=1S/C7H9BrN2/c8-7-5-3-1-2-4-6(5)9-10-7/h5H,1-4H2/t5-/m0/s1. The topological polar surface area (TPSA) is 24.7 Å². The molecular weight excluding hydrogens is 192 g/mol. The molecule has 0 aromatic rings. The van der Waals surface area contributed by atoms with Crippen molar-refractivity contribution < 1.29 is 0 Å². The minimum Gasteiger partial charge on any atom is -0.159 e. The lowest BCUT2D eigenvalue weighted by Crippen LogP contribution is -2.20. The summed E-state index contributed by atoms with van der Waals surface area (Å²) in [7, 11) is 0. The van der Waals surface area contributed by atoms with Gasteiger partial charge >= 0.3 is 0 Å². The summed E-state index contributed by atoms with van der Waals surface area (Å²) < 4.78 is 1.04. The van der Waals surface area contributed by atoms with Crippen LogP contribution in [-0.4, -0.2) is 10.3 Å². The number of halogens is 1. The molecule has 1 fully saturated rings. The Morgan fingerprint density at radius 3 is 3.00 bits per heavy atom. The largest absolute Gasteiger partial charge is 0.159 e. The number of fused-ring (bicyclic) bond motifs is 1. The van der Waals surface area contributed by atoms with Gasteiger partial charge in [0.2, 0.25) is 0 Å². The van der Waals surface area contributed by atoms with E-state index in [0.717, 1.165) is 11.0 Å². The van der Waals surface area contributed by atoms with Crippen molar-refractivity contribution in [1.29, 1.82) is 0 Å². The summed E-state index contributed by atoms with van der Waals surface area (Å²) in [5.74, 6) is 0.550. The highest BCUT2D eigenvalue weighted by atomic mass is 79.9. The molecule has 0 bridgehead atoms. The predicted octanol–water partition coefficient (Wildman–Crippen LogP) is 2.34. The van der Waals surface area contributed by atoms with Crippen molar-refractivity contribution >= 4 is 26.3 Å². The Bertz CT molecular complexity index is 208. The van der Waals surface area contributed by atoms with Crippen LogP contribution in [0.15, 0.2) is 10.2 Å². The Morgan fingerprint density at radius 1 is 1.30 bits per heavy atom. The van der Waals surface area contributed by atoms with Gasteiger partial charge in [0.1, 0.15) is 4.62 Å². The summed E-state index contributed by atoms with van der Waals surface area (Å²) >= 11 is 3.42. The van der Waals surface area contributed by atoms with Crippen molar-refractivity contribution in [2.45, 2.75) is 25.7 Å². The first kappa shape index (κ1) is 6.53. The molecule has 2 aliphatic rings. The predicted molar refractivity (Wildman–Crippen MR) is 45.8 cm³/mol.